The Balaban J connectivity index is 1.39. The summed E-state index contributed by atoms with van der Waals surface area (Å²) in [5.41, 5.74) is 0. The summed E-state index contributed by atoms with van der Waals surface area (Å²) < 4.78 is 6.54. The SMILES string of the molecule is CC(OC1CC2CC1C1CCCC21)C1CCCC1. The fraction of sp³-hybridized carbons (Fsp3) is 1.00. The van der Waals surface area contributed by atoms with Gasteiger partial charge >= 0.3 is 0 Å². The molecule has 6 unspecified atom stereocenters. The molecule has 1 heteroatoms. The van der Waals surface area contributed by atoms with Crippen molar-refractivity contribution in [3.8, 4) is 0 Å². The first-order chi connectivity index (χ1) is 8.83. The molecule has 102 valence electrons. The first-order valence-electron chi connectivity index (χ1n) is 8.48. The lowest BCUT2D eigenvalue weighted by atomic mass is 9.80. The molecule has 4 rings (SSSR count). The maximum atomic E-state index is 6.54. The van der Waals surface area contributed by atoms with Crippen LogP contribution in [0, 0.1) is 29.6 Å². The van der Waals surface area contributed by atoms with Gasteiger partial charge in [0.15, 0.2) is 0 Å². The molecule has 4 aliphatic carbocycles. The van der Waals surface area contributed by atoms with Crippen LogP contribution >= 0.6 is 0 Å². The molecule has 4 saturated carbocycles. The summed E-state index contributed by atoms with van der Waals surface area (Å²) in [4.78, 5) is 0. The molecule has 0 saturated heterocycles. The van der Waals surface area contributed by atoms with Crippen LogP contribution in [0.5, 0.6) is 0 Å². The normalized spacial score (nSPS) is 48.8. The summed E-state index contributed by atoms with van der Waals surface area (Å²) in [7, 11) is 0. The average molecular weight is 248 g/mol. The molecule has 0 heterocycles. The van der Waals surface area contributed by atoms with E-state index in [4.69, 9.17) is 4.74 Å². The van der Waals surface area contributed by atoms with Gasteiger partial charge in [-0.05, 0) is 75.0 Å². The average Bonchev–Trinajstić information content (AvgIpc) is 3.11. The van der Waals surface area contributed by atoms with Crippen molar-refractivity contribution in [3.63, 3.8) is 0 Å². The van der Waals surface area contributed by atoms with Gasteiger partial charge in [0.2, 0.25) is 0 Å². The second-order valence-electron chi connectivity index (χ2n) is 7.58. The van der Waals surface area contributed by atoms with Gasteiger partial charge in [0.25, 0.3) is 0 Å². The Kier molecular flexibility index (Phi) is 2.94. The Morgan fingerprint density at radius 1 is 0.833 bits per heavy atom. The van der Waals surface area contributed by atoms with Crippen molar-refractivity contribution in [1.82, 2.24) is 0 Å². The van der Waals surface area contributed by atoms with Gasteiger partial charge in [0, 0.05) is 0 Å². The van der Waals surface area contributed by atoms with Gasteiger partial charge in [-0.3, -0.25) is 0 Å². The van der Waals surface area contributed by atoms with Crippen molar-refractivity contribution >= 4 is 0 Å². The topological polar surface area (TPSA) is 9.23 Å². The van der Waals surface area contributed by atoms with Crippen LogP contribution in [-0.2, 0) is 4.74 Å². The third kappa shape index (κ3) is 1.77. The Hall–Kier alpha value is -0.0400. The second-order valence-corrected chi connectivity index (χ2v) is 7.58. The first kappa shape index (κ1) is 11.8. The summed E-state index contributed by atoms with van der Waals surface area (Å²) in [6, 6.07) is 0. The molecule has 0 aliphatic heterocycles. The molecule has 4 aliphatic rings. The monoisotopic (exact) mass is 248 g/mol. The van der Waals surface area contributed by atoms with Crippen LogP contribution in [0.3, 0.4) is 0 Å². The molecule has 0 aromatic carbocycles. The van der Waals surface area contributed by atoms with Gasteiger partial charge in [-0.1, -0.05) is 19.3 Å². The highest BCUT2D eigenvalue weighted by Gasteiger charge is 2.54. The highest BCUT2D eigenvalue weighted by atomic mass is 16.5. The van der Waals surface area contributed by atoms with E-state index in [2.05, 4.69) is 6.92 Å². The van der Waals surface area contributed by atoms with Crippen molar-refractivity contribution in [2.24, 2.45) is 29.6 Å². The molecule has 2 bridgehead atoms. The van der Waals surface area contributed by atoms with Crippen LogP contribution in [-0.4, -0.2) is 12.2 Å². The Bertz CT molecular complexity index is 307. The Labute approximate surface area is 112 Å². The maximum absolute atomic E-state index is 6.54. The molecule has 0 N–H and O–H groups in total. The molecule has 0 spiro atoms. The number of fused-ring (bicyclic) bond motifs is 5. The molecule has 0 radical (unpaired) electrons. The van der Waals surface area contributed by atoms with E-state index in [1.165, 1.54) is 57.8 Å². The first-order valence-corrected chi connectivity index (χ1v) is 8.48. The van der Waals surface area contributed by atoms with Crippen LogP contribution < -0.4 is 0 Å². The number of ether oxygens (including phenoxy) is 1. The molecule has 0 aromatic heterocycles. The van der Waals surface area contributed by atoms with Gasteiger partial charge < -0.3 is 4.74 Å². The van der Waals surface area contributed by atoms with Crippen LogP contribution in [0.2, 0.25) is 0 Å². The van der Waals surface area contributed by atoms with Crippen LogP contribution in [0.1, 0.15) is 64.7 Å². The standard InChI is InChI=1S/C17H28O/c1-11(12-5-2-3-6-12)18-17-10-13-9-16(17)15-8-4-7-14(13)15/h11-17H,2-10H2,1H3. The zero-order chi connectivity index (χ0) is 12.1. The number of hydrogen-bond acceptors (Lipinski definition) is 1. The number of rotatable bonds is 3. The smallest absolute Gasteiger partial charge is 0.0612 e. The quantitative estimate of drug-likeness (QED) is 0.719. The summed E-state index contributed by atoms with van der Waals surface area (Å²) in [5, 5.41) is 0. The van der Waals surface area contributed by atoms with Crippen molar-refractivity contribution in [2.45, 2.75) is 76.9 Å². The lowest BCUT2D eigenvalue weighted by molar-refractivity contribution is -0.0713. The van der Waals surface area contributed by atoms with E-state index < -0.39 is 0 Å². The highest BCUT2D eigenvalue weighted by molar-refractivity contribution is 5.04. The van der Waals surface area contributed by atoms with Crippen LogP contribution in [0.4, 0.5) is 0 Å². The van der Waals surface area contributed by atoms with E-state index >= 15 is 0 Å². The predicted octanol–water partition coefficient (Wildman–Crippen LogP) is 4.41. The molecule has 18 heavy (non-hydrogen) atoms. The second kappa shape index (κ2) is 4.51. The van der Waals surface area contributed by atoms with E-state index in [1.54, 1.807) is 0 Å². The molecular formula is C17H28O. The van der Waals surface area contributed by atoms with Crippen LogP contribution in [0.25, 0.3) is 0 Å². The lowest BCUT2D eigenvalue weighted by Gasteiger charge is -2.34. The zero-order valence-electron chi connectivity index (χ0n) is 11.8. The molecule has 6 atom stereocenters. The van der Waals surface area contributed by atoms with Crippen molar-refractivity contribution in [3.05, 3.63) is 0 Å². The van der Waals surface area contributed by atoms with E-state index in [9.17, 15) is 0 Å². The van der Waals surface area contributed by atoms with Gasteiger partial charge in [0.1, 0.15) is 0 Å². The van der Waals surface area contributed by atoms with Gasteiger partial charge in [-0.15, -0.1) is 0 Å². The minimum atomic E-state index is 0.539. The molecule has 0 aromatic rings. The number of hydrogen-bond donors (Lipinski definition) is 0. The van der Waals surface area contributed by atoms with E-state index in [1.807, 2.05) is 0 Å². The highest BCUT2D eigenvalue weighted by Crippen LogP contribution is 2.59. The van der Waals surface area contributed by atoms with E-state index in [0.29, 0.717) is 12.2 Å². The molecule has 1 nitrogen and oxygen atoms in total. The lowest BCUT2D eigenvalue weighted by Crippen LogP contribution is -2.34. The minimum Gasteiger partial charge on any atom is -0.375 e. The Morgan fingerprint density at radius 2 is 1.61 bits per heavy atom. The van der Waals surface area contributed by atoms with E-state index in [0.717, 1.165) is 29.6 Å². The van der Waals surface area contributed by atoms with E-state index in [-0.39, 0.29) is 0 Å². The van der Waals surface area contributed by atoms with Crippen molar-refractivity contribution < 1.29 is 4.74 Å². The third-order valence-electron chi connectivity index (χ3n) is 6.82. The third-order valence-corrected chi connectivity index (χ3v) is 6.82. The van der Waals surface area contributed by atoms with Gasteiger partial charge in [-0.25, -0.2) is 0 Å². The minimum absolute atomic E-state index is 0.539. The van der Waals surface area contributed by atoms with Gasteiger partial charge in [0.05, 0.1) is 12.2 Å². The fourth-order valence-electron chi connectivity index (χ4n) is 5.98. The summed E-state index contributed by atoms with van der Waals surface area (Å²) >= 11 is 0. The Morgan fingerprint density at radius 3 is 2.44 bits per heavy atom. The predicted molar refractivity (Wildman–Crippen MR) is 73.3 cm³/mol. The van der Waals surface area contributed by atoms with Crippen molar-refractivity contribution in [1.29, 1.82) is 0 Å². The van der Waals surface area contributed by atoms with Crippen molar-refractivity contribution in [2.75, 3.05) is 0 Å². The van der Waals surface area contributed by atoms with Crippen LogP contribution in [0.15, 0.2) is 0 Å². The summed E-state index contributed by atoms with van der Waals surface area (Å²) in [6.07, 6.45) is 14.4. The zero-order valence-corrected chi connectivity index (χ0v) is 11.8. The van der Waals surface area contributed by atoms with Gasteiger partial charge in [-0.2, -0.15) is 0 Å². The maximum Gasteiger partial charge on any atom is 0.0612 e. The summed E-state index contributed by atoms with van der Waals surface area (Å²) in [5.74, 6) is 5.04. The molecule has 4 fully saturated rings. The largest absolute Gasteiger partial charge is 0.375 e. The summed E-state index contributed by atoms with van der Waals surface area (Å²) in [6.45, 7) is 2.36. The fourth-order valence-corrected chi connectivity index (χ4v) is 5.98. The molecular weight excluding hydrogens is 220 g/mol. The molecule has 0 amide bonds.